The van der Waals surface area contributed by atoms with Gasteiger partial charge < -0.3 is 59.0 Å². The average molecular weight is 672 g/mol. The number of nitrogens with zero attached hydrogens (tertiary/aromatic N) is 7. The number of hydrogen-bond acceptors (Lipinski definition) is 20. The Labute approximate surface area is 248 Å². The smallest absolute Gasteiger partial charge is 0.280 e. The lowest BCUT2D eigenvalue weighted by Crippen LogP contribution is -2.39. The van der Waals surface area contributed by atoms with Gasteiger partial charge in [0.15, 0.2) is 35.1 Å². The third-order valence-corrected chi connectivity index (χ3v) is 9.24. The number of hydrogen-bond donors (Lipinski definition) is 5. The Balaban J connectivity index is 1.23. The van der Waals surface area contributed by atoms with Gasteiger partial charge in [-0.2, -0.15) is 4.98 Å². The van der Waals surface area contributed by atoms with Crippen molar-refractivity contribution in [1.29, 1.82) is 0 Å². The van der Waals surface area contributed by atoms with E-state index in [2.05, 4.69) is 29.9 Å². The molecule has 0 aromatic carbocycles. The number of phosphoric ester groups is 2. The highest BCUT2D eigenvalue weighted by Gasteiger charge is 2.51. The third kappa shape index (κ3) is 5.31. The first-order valence-electron chi connectivity index (χ1n) is 12.9. The number of aliphatic hydroxyl groups excluding tert-OH is 2. The van der Waals surface area contributed by atoms with Crippen molar-refractivity contribution in [3.63, 3.8) is 0 Å². The predicted octanol–water partition coefficient (Wildman–Crippen LogP) is -3.61. The van der Waals surface area contributed by atoms with Gasteiger partial charge in [0.25, 0.3) is 21.2 Å². The van der Waals surface area contributed by atoms with E-state index in [1.54, 1.807) is 0 Å². The van der Waals surface area contributed by atoms with Crippen molar-refractivity contribution in [3.8, 4) is 0 Å². The molecular weight excluding hydrogens is 650 g/mol. The van der Waals surface area contributed by atoms with Crippen LogP contribution in [0.25, 0.3) is 22.3 Å². The molecule has 0 saturated carbocycles. The Morgan fingerprint density at radius 3 is 1.96 bits per heavy atom. The third-order valence-electron chi connectivity index (χ3n) is 7.31. The van der Waals surface area contributed by atoms with E-state index in [1.165, 1.54) is 10.9 Å². The van der Waals surface area contributed by atoms with Gasteiger partial charge in [-0.05, 0) is 0 Å². The fourth-order valence-electron chi connectivity index (χ4n) is 5.26. The molecule has 0 spiro atoms. The van der Waals surface area contributed by atoms with Gasteiger partial charge in [0.2, 0.25) is 5.95 Å². The monoisotopic (exact) mass is 672 g/mol. The number of ether oxygens (including phenoxy) is 2. The van der Waals surface area contributed by atoms with Crippen molar-refractivity contribution in [1.82, 2.24) is 39.0 Å². The molecule has 242 valence electrons. The second kappa shape index (κ2) is 10.8. The number of imidazole rings is 2. The maximum absolute atomic E-state index is 13.0. The topological polar surface area (TPSA) is 335 Å². The summed E-state index contributed by atoms with van der Waals surface area (Å²) in [6.07, 6.45) is -9.97. The van der Waals surface area contributed by atoms with Crippen LogP contribution in [0.4, 0.5) is 11.8 Å². The van der Waals surface area contributed by atoms with Gasteiger partial charge in [-0.3, -0.25) is 28.0 Å². The van der Waals surface area contributed by atoms with Crippen LogP contribution in [-0.4, -0.2) is 99.1 Å². The average Bonchev–Trinajstić information content (AvgIpc) is 3.72. The molecule has 3 aliphatic rings. The number of aliphatic hydroxyl groups is 2. The summed E-state index contributed by atoms with van der Waals surface area (Å²) >= 11 is 0. The van der Waals surface area contributed by atoms with Gasteiger partial charge in [-0.15, -0.1) is 0 Å². The highest BCUT2D eigenvalue weighted by molar-refractivity contribution is 7.46. The van der Waals surface area contributed by atoms with E-state index in [0.29, 0.717) is 0 Å². The van der Waals surface area contributed by atoms with Crippen molar-refractivity contribution >= 4 is 49.7 Å². The van der Waals surface area contributed by atoms with Crippen molar-refractivity contribution in [2.75, 3.05) is 24.7 Å². The molecule has 4 bridgehead atoms. The number of nitrogens with two attached hydrogens (primary N) is 2. The molecule has 7 N–H and O–H groups in total. The largest absolute Gasteiger partial charge is 0.756 e. The molecule has 4 aromatic heterocycles. The van der Waals surface area contributed by atoms with Crippen LogP contribution in [0.2, 0.25) is 0 Å². The quantitative estimate of drug-likeness (QED) is 0.128. The van der Waals surface area contributed by atoms with Crippen molar-refractivity contribution in [3.05, 3.63) is 29.3 Å². The summed E-state index contributed by atoms with van der Waals surface area (Å²) in [5.74, 6) is -0.311. The van der Waals surface area contributed by atoms with E-state index in [4.69, 9.17) is 39.0 Å². The molecule has 7 heterocycles. The highest BCUT2D eigenvalue weighted by atomic mass is 31.2. The maximum atomic E-state index is 13.0. The van der Waals surface area contributed by atoms with Crippen LogP contribution >= 0.6 is 15.6 Å². The van der Waals surface area contributed by atoms with Crippen molar-refractivity contribution in [2.45, 2.75) is 49.1 Å². The molecule has 0 aliphatic carbocycles. The molecule has 45 heavy (non-hydrogen) atoms. The van der Waals surface area contributed by atoms with Gasteiger partial charge in [0, 0.05) is 0 Å². The van der Waals surface area contributed by atoms with Gasteiger partial charge in [-0.1, -0.05) is 0 Å². The minimum Gasteiger partial charge on any atom is -0.756 e. The van der Waals surface area contributed by atoms with Gasteiger partial charge in [0.05, 0.1) is 25.9 Å². The molecule has 4 unspecified atom stereocenters. The zero-order valence-electron chi connectivity index (χ0n) is 22.3. The predicted molar refractivity (Wildman–Crippen MR) is 139 cm³/mol. The van der Waals surface area contributed by atoms with Gasteiger partial charge >= 0.3 is 0 Å². The number of nitrogens with one attached hydrogen (secondary N) is 1. The normalized spacial score (nSPS) is 37.7. The van der Waals surface area contributed by atoms with Crippen LogP contribution in [0.5, 0.6) is 0 Å². The summed E-state index contributed by atoms with van der Waals surface area (Å²) in [6, 6.07) is 0. The first-order chi connectivity index (χ1) is 21.3. The van der Waals surface area contributed by atoms with Gasteiger partial charge in [0.1, 0.15) is 48.5 Å². The van der Waals surface area contributed by atoms with E-state index < -0.39 is 83.5 Å². The van der Waals surface area contributed by atoms with Crippen LogP contribution < -0.4 is 26.8 Å². The zero-order valence-corrected chi connectivity index (χ0v) is 24.1. The SMILES string of the molecule is Nc1nc2c(ncn2[C@@H]2O[C@@H]3COP(=O)([O-])O[C@@H]4C(O)[C@@H](COP(=O)([O-])O[C@@H]2C3O)O[C@H]4n2cnc3c(N)ncnc32)c(=O)[nH]1. The molecule has 0 radical (unpaired) electrons. The number of aromatic nitrogens is 8. The number of H-pyrrole nitrogens is 1. The van der Waals surface area contributed by atoms with E-state index in [1.807, 2.05) is 0 Å². The lowest BCUT2D eigenvalue weighted by atomic mass is 10.1. The van der Waals surface area contributed by atoms with Crippen LogP contribution in [-0.2, 0) is 36.7 Å². The number of nitrogen functional groups attached to an aromatic ring is 2. The fraction of sp³-hybridized carbons (Fsp3) is 0.500. The fourth-order valence-corrected chi connectivity index (χ4v) is 7.10. The molecule has 0 amide bonds. The van der Waals surface area contributed by atoms with Gasteiger partial charge in [-0.25, -0.2) is 19.9 Å². The van der Waals surface area contributed by atoms with Crippen LogP contribution in [0.1, 0.15) is 12.5 Å². The van der Waals surface area contributed by atoms with E-state index >= 15 is 0 Å². The van der Waals surface area contributed by atoms with Crippen LogP contribution in [0.15, 0.2) is 23.8 Å². The Morgan fingerprint density at radius 2 is 1.38 bits per heavy atom. The molecule has 25 heteroatoms. The molecule has 23 nitrogen and oxygen atoms in total. The Bertz CT molecular complexity index is 1940. The van der Waals surface area contributed by atoms with E-state index in [-0.39, 0.29) is 34.1 Å². The molecule has 3 aliphatic heterocycles. The maximum Gasteiger partial charge on any atom is 0.280 e. The number of anilines is 2. The zero-order chi connectivity index (χ0) is 31.8. The molecule has 4 aromatic rings. The lowest BCUT2D eigenvalue weighted by molar-refractivity contribution is -0.239. The number of fused-ring (bicyclic) bond motifs is 6. The second-order valence-corrected chi connectivity index (χ2v) is 12.8. The molecule has 10 atom stereocenters. The number of phosphoric acid groups is 2. The lowest BCUT2D eigenvalue weighted by Gasteiger charge is -2.32. The number of rotatable bonds is 2. The summed E-state index contributed by atoms with van der Waals surface area (Å²) in [5, 5.41) is 22.0. The van der Waals surface area contributed by atoms with E-state index in [9.17, 15) is 33.9 Å². The summed E-state index contributed by atoms with van der Waals surface area (Å²) in [4.78, 5) is 60.4. The molecule has 3 fully saturated rings. The number of aromatic amines is 1. The second-order valence-electron chi connectivity index (χ2n) is 10.1. The first kappa shape index (κ1) is 30.2. The summed E-state index contributed by atoms with van der Waals surface area (Å²) < 4.78 is 60.2. The van der Waals surface area contributed by atoms with Crippen LogP contribution in [0.3, 0.4) is 0 Å². The van der Waals surface area contributed by atoms with Crippen LogP contribution in [0, 0.1) is 0 Å². The highest BCUT2D eigenvalue weighted by Crippen LogP contribution is 2.51. The van der Waals surface area contributed by atoms with E-state index in [0.717, 1.165) is 17.2 Å². The summed E-state index contributed by atoms with van der Waals surface area (Å²) in [6.45, 7) is -1.81. The minimum absolute atomic E-state index is 0.00281. The summed E-state index contributed by atoms with van der Waals surface area (Å²) in [5.41, 5.74) is 10.6. The Kier molecular flexibility index (Phi) is 7.27. The van der Waals surface area contributed by atoms with Crippen molar-refractivity contribution in [2.24, 2.45) is 0 Å². The molecule has 7 rings (SSSR count). The Hall–Kier alpha value is -3.44. The Morgan fingerprint density at radius 1 is 0.844 bits per heavy atom. The summed E-state index contributed by atoms with van der Waals surface area (Å²) in [7, 11) is -10.7. The van der Waals surface area contributed by atoms with Crippen molar-refractivity contribution < 1.29 is 56.7 Å². The minimum atomic E-state index is -5.36. The first-order valence-corrected chi connectivity index (χ1v) is 15.8. The molecular formula is C20H22N10O13P2-2. The molecule has 3 saturated heterocycles. The standard InChI is InChI=1S/C20H24N10O13P2/c21-14-8-15(24-3-23-14)29(4-25-8)18-12-10(31)6(40-18)1-38-45(36,37)43-13-11(32)7(2-39-44(34,35)42-12)41-19(13)30-5-26-9-16(30)27-20(22)28-17(9)33/h3-7,10-13,18-19,31-32H,1-2H2,(H,34,35)(H,36,37)(H2,21,23,24)(H3,22,27,28,33)/p-2/t6-,7-,10?,11?,12-,13-,18-,19-/m1/s1.